The van der Waals surface area contributed by atoms with Crippen LogP contribution >= 0.6 is 11.8 Å². The Hall–Kier alpha value is -0.480. The molecule has 1 aromatic rings. The summed E-state index contributed by atoms with van der Waals surface area (Å²) in [7, 11) is 2.00. The van der Waals surface area contributed by atoms with Crippen LogP contribution in [-0.4, -0.2) is 33.4 Å². The normalized spacial score (nSPS) is 26.0. The lowest BCUT2D eigenvalue weighted by Crippen LogP contribution is -2.34. The fourth-order valence-electron chi connectivity index (χ4n) is 2.03. The van der Waals surface area contributed by atoms with Crippen molar-refractivity contribution in [1.29, 1.82) is 0 Å². The molecule has 1 aliphatic heterocycles. The van der Waals surface area contributed by atoms with Gasteiger partial charge < -0.3 is 5.32 Å². The minimum atomic E-state index is 0.711. The van der Waals surface area contributed by atoms with Gasteiger partial charge in [0, 0.05) is 43.2 Å². The minimum Gasteiger partial charge on any atom is -0.312 e. The molecule has 1 N–H and O–H groups in total. The van der Waals surface area contributed by atoms with Gasteiger partial charge in [-0.2, -0.15) is 16.9 Å². The van der Waals surface area contributed by atoms with Crippen LogP contribution in [0, 0.1) is 0 Å². The van der Waals surface area contributed by atoms with Gasteiger partial charge >= 0.3 is 0 Å². The zero-order valence-corrected chi connectivity index (χ0v) is 10.3. The molecule has 4 heteroatoms. The van der Waals surface area contributed by atoms with Crippen molar-refractivity contribution in [2.45, 2.75) is 31.1 Å². The van der Waals surface area contributed by atoms with E-state index in [4.69, 9.17) is 0 Å². The fourth-order valence-corrected chi connectivity index (χ4v) is 3.26. The Balaban J connectivity index is 1.73. The molecule has 0 radical (unpaired) electrons. The first kappa shape index (κ1) is 11.0. The molecule has 0 saturated carbocycles. The van der Waals surface area contributed by atoms with E-state index in [9.17, 15) is 0 Å². The maximum absolute atomic E-state index is 4.17. The van der Waals surface area contributed by atoms with Crippen molar-refractivity contribution in [3.63, 3.8) is 0 Å². The molecular formula is C11H19N3S. The van der Waals surface area contributed by atoms with Crippen molar-refractivity contribution in [2.75, 3.05) is 12.3 Å². The number of aryl methyl sites for hydroxylation is 1. The summed E-state index contributed by atoms with van der Waals surface area (Å²) < 4.78 is 1.95. The smallest absolute Gasteiger partial charge is 0.0492 e. The average Bonchev–Trinajstić information content (AvgIpc) is 2.78. The first-order valence-corrected chi connectivity index (χ1v) is 6.64. The summed E-state index contributed by atoms with van der Waals surface area (Å²) >= 11 is 2.08. The molecule has 0 bridgehead atoms. The summed E-state index contributed by atoms with van der Waals surface area (Å²) in [4.78, 5) is 0. The number of hydrogen-bond acceptors (Lipinski definition) is 3. The van der Waals surface area contributed by atoms with E-state index in [1.54, 1.807) is 0 Å². The SMILES string of the molecule is CC1SCCC1NCCc1ccnn1C. The Bertz CT molecular complexity index is 311. The highest BCUT2D eigenvalue weighted by Crippen LogP contribution is 2.25. The van der Waals surface area contributed by atoms with Gasteiger partial charge in [-0.25, -0.2) is 0 Å². The number of nitrogens with zero attached hydrogens (tertiary/aromatic N) is 2. The zero-order valence-electron chi connectivity index (χ0n) is 9.44. The Morgan fingerprint density at radius 3 is 3.13 bits per heavy atom. The van der Waals surface area contributed by atoms with Gasteiger partial charge in [0.05, 0.1) is 0 Å². The van der Waals surface area contributed by atoms with Gasteiger partial charge in [-0.05, 0) is 18.2 Å². The summed E-state index contributed by atoms with van der Waals surface area (Å²) in [5, 5.41) is 8.58. The van der Waals surface area contributed by atoms with Crippen LogP contribution in [0.15, 0.2) is 12.3 Å². The van der Waals surface area contributed by atoms with Crippen molar-refractivity contribution in [3.05, 3.63) is 18.0 Å². The maximum atomic E-state index is 4.17. The van der Waals surface area contributed by atoms with E-state index < -0.39 is 0 Å². The van der Waals surface area contributed by atoms with Crippen LogP contribution in [0.1, 0.15) is 19.0 Å². The van der Waals surface area contributed by atoms with Crippen molar-refractivity contribution < 1.29 is 0 Å². The van der Waals surface area contributed by atoms with E-state index in [0.717, 1.165) is 18.2 Å². The molecule has 2 atom stereocenters. The highest BCUT2D eigenvalue weighted by Gasteiger charge is 2.22. The van der Waals surface area contributed by atoms with Gasteiger partial charge in [-0.15, -0.1) is 0 Å². The summed E-state index contributed by atoms with van der Waals surface area (Å²) in [6.45, 7) is 3.38. The van der Waals surface area contributed by atoms with Gasteiger partial charge in [0.2, 0.25) is 0 Å². The van der Waals surface area contributed by atoms with Crippen LogP contribution in [-0.2, 0) is 13.5 Å². The van der Waals surface area contributed by atoms with Crippen LogP contribution in [0.2, 0.25) is 0 Å². The molecule has 1 aliphatic rings. The summed E-state index contributed by atoms with van der Waals surface area (Å²) in [5.74, 6) is 1.31. The second-order valence-electron chi connectivity index (χ2n) is 4.12. The van der Waals surface area contributed by atoms with Crippen molar-refractivity contribution in [1.82, 2.24) is 15.1 Å². The number of thioether (sulfide) groups is 1. The molecule has 84 valence electrons. The third-order valence-corrected chi connectivity index (χ3v) is 4.41. The van der Waals surface area contributed by atoms with Crippen LogP contribution in [0.25, 0.3) is 0 Å². The van der Waals surface area contributed by atoms with Crippen LogP contribution < -0.4 is 5.32 Å². The lowest BCUT2D eigenvalue weighted by molar-refractivity contribution is 0.510. The average molecular weight is 225 g/mol. The molecular weight excluding hydrogens is 206 g/mol. The molecule has 0 aliphatic carbocycles. The van der Waals surface area contributed by atoms with E-state index in [2.05, 4.69) is 35.2 Å². The molecule has 0 aromatic carbocycles. The Kier molecular flexibility index (Phi) is 3.70. The second-order valence-corrected chi connectivity index (χ2v) is 5.61. The van der Waals surface area contributed by atoms with E-state index in [1.807, 2.05) is 17.9 Å². The van der Waals surface area contributed by atoms with Crippen LogP contribution in [0.4, 0.5) is 0 Å². The van der Waals surface area contributed by atoms with E-state index in [0.29, 0.717) is 6.04 Å². The molecule has 2 unspecified atom stereocenters. The molecule has 1 aromatic heterocycles. The first-order valence-electron chi connectivity index (χ1n) is 5.59. The zero-order chi connectivity index (χ0) is 10.7. The van der Waals surface area contributed by atoms with Crippen LogP contribution in [0.5, 0.6) is 0 Å². The molecule has 2 heterocycles. The van der Waals surface area contributed by atoms with Crippen molar-refractivity contribution in [3.8, 4) is 0 Å². The van der Waals surface area contributed by atoms with Crippen LogP contribution in [0.3, 0.4) is 0 Å². The van der Waals surface area contributed by atoms with E-state index >= 15 is 0 Å². The topological polar surface area (TPSA) is 29.9 Å². The lowest BCUT2D eigenvalue weighted by Gasteiger charge is -2.16. The van der Waals surface area contributed by atoms with Gasteiger partial charge in [-0.3, -0.25) is 4.68 Å². The summed E-state index contributed by atoms with van der Waals surface area (Å²) in [6.07, 6.45) is 4.25. The number of nitrogens with one attached hydrogen (secondary N) is 1. The highest BCUT2D eigenvalue weighted by atomic mass is 32.2. The Morgan fingerprint density at radius 1 is 1.67 bits per heavy atom. The molecule has 0 amide bonds. The standard InChI is InChI=1S/C11H19N3S/c1-9-11(5-8-15-9)12-6-3-10-4-7-13-14(10)2/h4,7,9,11-12H,3,5-6,8H2,1-2H3. The van der Waals surface area contributed by atoms with Gasteiger partial charge in [0.15, 0.2) is 0 Å². The van der Waals surface area contributed by atoms with Gasteiger partial charge in [-0.1, -0.05) is 6.92 Å². The molecule has 1 fully saturated rings. The predicted octanol–water partition coefficient (Wildman–Crippen LogP) is 1.45. The summed E-state index contributed by atoms with van der Waals surface area (Å²) in [6, 6.07) is 2.80. The third-order valence-electron chi connectivity index (χ3n) is 3.09. The Labute approximate surface area is 95.6 Å². The number of rotatable bonds is 4. The molecule has 15 heavy (non-hydrogen) atoms. The number of aromatic nitrogens is 2. The maximum Gasteiger partial charge on any atom is 0.0492 e. The largest absolute Gasteiger partial charge is 0.312 e. The first-order chi connectivity index (χ1) is 7.27. The van der Waals surface area contributed by atoms with E-state index in [-0.39, 0.29) is 0 Å². The predicted molar refractivity (Wildman–Crippen MR) is 65.2 cm³/mol. The lowest BCUT2D eigenvalue weighted by atomic mass is 10.1. The molecule has 1 saturated heterocycles. The van der Waals surface area contributed by atoms with Crippen molar-refractivity contribution >= 4 is 11.8 Å². The third kappa shape index (κ3) is 2.75. The van der Waals surface area contributed by atoms with E-state index in [1.165, 1.54) is 17.9 Å². The molecule has 2 rings (SSSR count). The van der Waals surface area contributed by atoms with Gasteiger partial charge in [0.25, 0.3) is 0 Å². The molecule has 3 nitrogen and oxygen atoms in total. The summed E-state index contributed by atoms with van der Waals surface area (Å²) in [5.41, 5.74) is 1.31. The fraction of sp³-hybridized carbons (Fsp3) is 0.727. The number of hydrogen-bond donors (Lipinski definition) is 1. The van der Waals surface area contributed by atoms with Gasteiger partial charge in [0.1, 0.15) is 0 Å². The minimum absolute atomic E-state index is 0.711. The monoisotopic (exact) mass is 225 g/mol. The molecule has 0 spiro atoms. The quantitative estimate of drug-likeness (QED) is 0.841. The highest BCUT2D eigenvalue weighted by molar-refractivity contribution is 8.00. The Morgan fingerprint density at radius 2 is 2.53 bits per heavy atom. The van der Waals surface area contributed by atoms with Crippen molar-refractivity contribution in [2.24, 2.45) is 7.05 Å². The second kappa shape index (κ2) is 5.03.